The van der Waals surface area contributed by atoms with Gasteiger partial charge >= 0.3 is 11.9 Å². The highest BCUT2D eigenvalue weighted by Crippen LogP contribution is 3.11. The van der Waals surface area contributed by atoms with E-state index in [4.69, 9.17) is 9.73 Å². The van der Waals surface area contributed by atoms with Crippen molar-refractivity contribution in [3.8, 4) is 0 Å². The number of aliphatic carboxylic acids is 1. The molecule has 0 bridgehead atoms. The van der Waals surface area contributed by atoms with Gasteiger partial charge in [-0.15, -0.1) is 11.3 Å². The molecule has 9 rings (SSSR count). The van der Waals surface area contributed by atoms with Crippen LogP contribution in [0.2, 0.25) is 0 Å². The van der Waals surface area contributed by atoms with E-state index in [1.54, 1.807) is 25.3 Å². The lowest BCUT2D eigenvalue weighted by Gasteiger charge is -3.10. The van der Waals surface area contributed by atoms with E-state index in [2.05, 4.69) is 10.3 Å². The van der Waals surface area contributed by atoms with Crippen LogP contribution in [0.1, 0.15) is 22.2 Å². The average Bonchev–Trinajstić information content (AvgIpc) is 3.39. The van der Waals surface area contributed by atoms with Gasteiger partial charge in [-0.1, -0.05) is 12.1 Å². The number of halogens is 1. The molecule has 0 radical (unpaired) electrons. The number of carbonyl (C=O) groups excluding carboxylic acids is 1. The van der Waals surface area contributed by atoms with Gasteiger partial charge in [0.1, 0.15) is 11.9 Å². The third-order valence-corrected chi connectivity index (χ3v) is 10.9. The molecule has 1 aromatic carbocycles. The summed E-state index contributed by atoms with van der Waals surface area (Å²) < 4.78 is 19.8. The Bertz CT molecular complexity index is 1360. The lowest BCUT2D eigenvalue weighted by Crippen LogP contribution is -3.11. The van der Waals surface area contributed by atoms with Gasteiger partial charge in [0, 0.05) is 22.7 Å². The molecule has 0 saturated heterocycles. The highest BCUT2D eigenvalue weighted by molar-refractivity contribution is 7.11. The molecule has 172 valence electrons. The highest BCUT2D eigenvalue weighted by Gasteiger charge is 3.12. The number of ether oxygens (including phenoxy) is 1. The van der Waals surface area contributed by atoms with Crippen LogP contribution in [0.25, 0.3) is 0 Å². The van der Waals surface area contributed by atoms with Crippen LogP contribution in [-0.4, -0.2) is 35.0 Å². The molecule has 6 fully saturated rings. The number of nitrogens with zero attached hydrogens (tertiary/aromatic N) is 2. The molecule has 7 aliphatic rings. The zero-order chi connectivity index (χ0) is 23.3. The van der Waals surface area contributed by atoms with E-state index in [0.29, 0.717) is 27.5 Å². The maximum Gasteiger partial charge on any atom is 0.338 e. The topological polar surface area (TPSA) is 101 Å². The average molecular weight is 478 g/mol. The van der Waals surface area contributed by atoms with Crippen molar-refractivity contribution in [2.75, 3.05) is 7.11 Å². The summed E-state index contributed by atoms with van der Waals surface area (Å²) in [6.07, 6.45) is 1.70. The molecule has 2 aromatic rings. The van der Waals surface area contributed by atoms with E-state index in [-0.39, 0.29) is 46.7 Å². The first kappa shape index (κ1) is 19.3. The second kappa shape index (κ2) is 5.59. The van der Waals surface area contributed by atoms with Crippen LogP contribution in [0.15, 0.2) is 46.0 Å². The van der Waals surface area contributed by atoms with E-state index in [0.717, 1.165) is 5.70 Å². The molecule has 34 heavy (non-hydrogen) atoms. The first-order valence-corrected chi connectivity index (χ1v) is 12.4. The third kappa shape index (κ3) is 1.57. The van der Waals surface area contributed by atoms with Crippen molar-refractivity contribution in [3.05, 3.63) is 63.0 Å². The van der Waals surface area contributed by atoms with Crippen LogP contribution in [-0.2, 0) is 14.3 Å². The summed E-state index contributed by atoms with van der Waals surface area (Å²) in [7, 11) is 1.35. The number of carboxylic acid groups (broad SMARTS) is 1. The molecule has 0 amide bonds. The van der Waals surface area contributed by atoms with Crippen molar-refractivity contribution in [3.63, 3.8) is 0 Å². The number of methoxy groups -OCH3 is 1. The molecular formula is C25H20FN3O4S. The summed E-state index contributed by atoms with van der Waals surface area (Å²) in [5.74, 6) is 0.503. The summed E-state index contributed by atoms with van der Waals surface area (Å²) >= 11 is 1.44. The molecule has 2 N–H and O–H groups in total. The van der Waals surface area contributed by atoms with Crippen molar-refractivity contribution in [2.24, 2.45) is 51.3 Å². The highest BCUT2D eigenvalue weighted by atomic mass is 32.1. The number of hydrogen-bond acceptors (Lipinski definition) is 7. The Labute approximate surface area is 197 Å². The zero-order valence-corrected chi connectivity index (χ0v) is 19.1. The van der Waals surface area contributed by atoms with Gasteiger partial charge in [0.05, 0.1) is 18.1 Å². The van der Waals surface area contributed by atoms with E-state index in [9.17, 15) is 19.1 Å². The van der Waals surface area contributed by atoms with Gasteiger partial charge in [-0.3, -0.25) is 9.79 Å². The van der Waals surface area contributed by atoms with Gasteiger partial charge in [-0.05, 0) is 59.6 Å². The predicted molar refractivity (Wildman–Crippen MR) is 118 cm³/mol. The second-order valence-corrected chi connectivity index (χ2v) is 11.3. The van der Waals surface area contributed by atoms with Crippen molar-refractivity contribution in [1.29, 1.82) is 0 Å². The first-order chi connectivity index (χ1) is 16.4. The molecule has 1 aromatic heterocycles. The Morgan fingerprint density at radius 2 is 1.88 bits per heavy atom. The van der Waals surface area contributed by atoms with Gasteiger partial charge < -0.3 is 15.2 Å². The minimum absolute atomic E-state index is 0.203. The maximum atomic E-state index is 14.6. The Morgan fingerprint density at radius 3 is 2.47 bits per heavy atom. The molecule has 0 spiro atoms. The van der Waals surface area contributed by atoms with Crippen LogP contribution < -0.4 is 5.32 Å². The molecule has 6 aliphatic carbocycles. The molecule has 1 aliphatic heterocycles. The number of thiazole rings is 1. The molecule has 7 nitrogen and oxygen atoms in total. The smallest absolute Gasteiger partial charge is 0.338 e. The molecular weight excluding hydrogens is 457 g/mol. The van der Waals surface area contributed by atoms with Gasteiger partial charge in [0.15, 0.2) is 10.8 Å². The fraction of sp³-hybridized carbons (Fsp3) is 0.440. The summed E-state index contributed by atoms with van der Waals surface area (Å²) in [5.41, 5.74) is 1.54. The minimum atomic E-state index is -0.729. The molecule has 6 saturated carbocycles. The Kier molecular flexibility index (Phi) is 3.17. The monoisotopic (exact) mass is 477 g/mol. The van der Waals surface area contributed by atoms with Crippen LogP contribution in [0.4, 0.5) is 4.39 Å². The standard InChI is InChI=1S/C25H20FN3O4S/c1-8-9(4-3-5-10(8)26)18-11(22(30)33-2)19(29-20(28-18)21-27-6-7-34-21)24-12-15-13(24)17-14(24)16(12)25(15,17)23(31)32/h3-7,12-18H,1-2H3,(H,28,29)(H,31,32)/t12?,13?,14?,15?,16?,17?,18-,24?,25?/m1/s1. The molecule has 9 heteroatoms. The summed E-state index contributed by atoms with van der Waals surface area (Å²) in [6.45, 7) is 1.70. The van der Waals surface area contributed by atoms with Crippen molar-refractivity contribution in [1.82, 2.24) is 10.3 Å². The van der Waals surface area contributed by atoms with Gasteiger partial charge in [0.2, 0.25) is 0 Å². The number of rotatable bonds is 5. The molecule has 1 atom stereocenters. The number of esters is 1. The van der Waals surface area contributed by atoms with Crippen molar-refractivity contribution >= 4 is 29.1 Å². The molecule has 0 unspecified atom stereocenters. The van der Waals surface area contributed by atoms with Crippen LogP contribution in [0.5, 0.6) is 0 Å². The number of amidine groups is 1. The number of aromatic nitrogens is 1. The number of carbonyl (C=O) groups is 2. The lowest BCUT2D eigenvalue weighted by molar-refractivity contribution is -0.633. The number of benzene rings is 1. The fourth-order valence-electron chi connectivity index (χ4n) is 9.26. The second-order valence-electron chi connectivity index (χ2n) is 10.4. The van der Waals surface area contributed by atoms with Gasteiger partial charge in [-0.2, -0.15) is 0 Å². The van der Waals surface area contributed by atoms with Gasteiger partial charge in [-0.25, -0.2) is 14.2 Å². The van der Waals surface area contributed by atoms with Crippen molar-refractivity contribution < 1.29 is 23.8 Å². The first-order valence-electron chi connectivity index (χ1n) is 11.5. The van der Waals surface area contributed by atoms with E-state index in [1.807, 2.05) is 5.38 Å². The number of carboxylic acids is 1. The van der Waals surface area contributed by atoms with E-state index in [1.165, 1.54) is 24.5 Å². The predicted octanol–water partition coefficient (Wildman–Crippen LogP) is 2.93. The quantitative estimate of drug-likeness (QED) is 0.643. The number of allylic oxidation sites excluding steroid dienone is 1. The number of nitrogens with one attached hydrogen (secondary N) is 1. The fourth-order valence-corrected chi connectivity index (χ4v) is 9.85. The maximum absolute atomic E-state index is 14.6. The SMILES string of the molecule is COC(=O)C1=C(C23C4C5C2C2C3C4C52C(=O)O)NC(c2nccs2)=N[C@@H]1c1cccc(F)c1C. The zero-order valence-electron chi connectivity index (χ0n) is 18.3. The lowest BCUT2D eigenvalue weighted by atomic mass is 8.92. The van der Waals surface area contributed by atoms with Crippen LogP contribution in [0.3, 0.4) is 0 Å². The van der Waals surface area contributed by atoms with Crippen LogP contribution >= 0.6 is 11.3 Å². The summed E-state index contributed by atoms with van der Waals surface area (Å²) in [6, 6.07) is 4.11. The number of hydrogen-bond donors (Lipinski definition) is 2. The summed E-state index contributed by atoms with van der Waals surface area (Å²) in [5, 5.41) is 15.9. The van der Waals surface area contributed by atoms with Crippen LogP contribution in [0, 0.1) is 59.1 Å². The largest absolute Gasteiger partial charge is 0.481 e. The Hall–Kier alpha value is -3.07. The minimum Gasteiger partial charge on any atom is -0.481 e. The third-order valence-electron chi connectivity index (χ3n) is 10.1. The number of aliphatic imine (C=N–C) groups is 1. The Balaban J connectivity index is 1.31. The van der Waals surface area contributed by atoms with Gasteiger partial charge in [0.25, 0.3) is 0 Å². The van der Waals surface area contributed by atoms with E-state index < -0.39 is 23.4 Å². The van der Waals surface area contributed by atoms with E-state index >= 15 is 0 Å². The Morgan fingerprint density at radius 1 is 1.18 bits per heavy atom. The molecule has 2 heterocycles. The summed E-state index contributed by atoms with van der Waals surface area (Å²) in [4.78, 5) is 34.6. The van der Waals surface area contributed by atoms with Crippen molar-refractivity contribution in [2.45, 2.75) is 13.0 Å². The normalized spacial score (nSPS) is 43.1.